The van der Waals surface area contributed by atoms with Crippen molar-refractivity contribution in [2.45, 2.75) is 70.0 Å². The summed E-state index contributed by atoms with van der Waals surface area (Å²) in [4.78, 5) is 41.4. The molecule has 2 aromatic rings. The molecule has 0 bridgehead atoms. The van der Waals surface area contributed by atoms with E-state index in [0.717, 1.165) is 57.5 Å². The van der Waals surface area contributed by atoms with Crippen LogP contribution in [0.3, 0.4) is 0 Å². The first-order chi connectivity index (χ1) is 20.8. The van der Waals surface area contributed by atoms with E-state index in [1.165, 1.54) is 37.7 Å². The maximum absolute atomic E-state index is 12.4. The first-order valence-electron chi connectivity index (χ1n) is 15.8. The van der Waals surface area contributed by atoms with Crippen LogP contribution in [0.25, 0.3) is 0 Å². The Morgan fingerprint density at radius 2 is 1.63 bits per heavy atom. The van der Waals surface area contributed by atoms with Crippen LogP contribution in [-0.4, -0.2) is 96.0 Å². The van der Waals surface area contributed by atoms with Crippen LogP contribution in [0.5, 0.6) is 0 Å². The van der Waals surface area contributed by atoms with Gasteiger partial charge in [-0.25, -0.2) is 9.97 Å². The van der Waals surface area contributed by atoms with Crippen LogP contribution < -0.4 is 26.6 Å². The molecule has 11 nitrogen and oxygen atoms in total. The molecule has 0 spiro atoms. The lowest BCUT2D eigenvalue weighted by molar-refractivity contribution is -0.117. The number of nitrogens with zero attached hydrogens (tertiary/aromatic N) is 5. The maximum atomic E-state index is 12.4. The summed E-state index contributed by atoms with van der Waals surface area (Å²) in [6, 6.07) is 8.87. The zero-order chi connectivity index (χ0) is 30.3. The molecule has 3 aliphatic rings. The average molecular weight is 590 g/mol. The summed E-state index contributed by atoms with van der Waals surface area (Å²) in [5, 5.41) is 9.87. The summed E-state index contributed by atoms with van der Waals surface area (Å²) in [6.45, 7) is 12.3. The summed E-state index contributed by atoms with van der Waals surface area (Å²) in [5.74, 6) is 0.0923. The number of hydrogen-bond acceptors (Lipinski definition) is 9. The summed E-state index contributed by atoms with van der Waals surface area (Å²) in [6.07, 6.45) is 8.10. The molecule has 232 valence electrons. The Morgan fingerprint density at radius 1 is 0.953 bits per heavy atom. The number of aromatic nitrogens is 2. The Labute approximate surface area is 255 Å². The van der Waals surface area contributed by atoms with E-state index in [2.05, 4.69) is 61.4 Å². The van der Waals surface area contributed by atoms with E-state index in [4.69, 9.17) is 10.7 Å². The molecule has 5 N–H and O–H groups in total. The standard InChI is InChI=1S/C32H47N9O2/c1-4-25-31(37-27-9-7-6-8-26(27)35-28(42)5-2)38-32(29(36-25)30(33)43)34-22-10-12-23(13-11-22)40-16-14-24(15-17-40)41-20-18-39(3)19-21-41/h5,10-13,24,26-27H,2,4,6-9,14-21H2,1,3H3,(H2,33,43)(H,35,42)(H2,34,37,38)/t26-,27+/m0/s1. The molecule has 3 heterocycles. The van der Waals surface area contributed by atoms with Gasteiger partial charge >= 0.3 is 0 Å². The Morgan fingerprint density at radius 3 is 2.26 bits per heavy atom. The quantitative estimate of drug-likeness (QED) is 0.309. The minimum absolute atomic E-state index is 0.01000. The lowest BCUT2D eigenvalue weighted by atomic mass is 9.90. The molecule has 43 heavy (non-hydrogen) atoms. The number of carbonyl (C=O) groups is 2. The fourth-order valence-corrected chi connectivity index (χ4v) is 6.55. The highest BCUT2D eigenvalue weighted by atomic mass is 16.2. The van der Waals surface area contributed by atoms with Crippen molar-refractivity contribution in [3.8, 4) is 0 Å². The van der Waals surface area contributed by atoms with Crippen molar-refractivity contribution in [1.29, 1.82) is 0 Å². The second kappa shape index (κ2) is 14.2. The van der Waals surface area contributed by atoms with Crippen LogP contribution in [0.2, 0.25) is 0 Å². The lowest BCUT2D eigenvalue weighted by Gasteiger charge is -2.42. The third-order valence-corrected chi connectivity index (χ3v) is 9.15. The highest BCUT2D eigenvalue weighted by Crippen LogP contribution is 2.29. The highest BCUT2D eigenvalue weighted by Gasteiger charge is 2.29. The molecular weight excluding hydrogens is 542 g/mol. The third kappa shape index (κ3) is 7.64. The number of benzene rings is 1. The molecule has 3 fully saturated rings. The number of anilines is 4. The third-order valence-electron chi connectivity index (χ3n) is 9.15. The van der Waals surface area contributed by atoms with E-state index in [9.17, 15) is 9.59 Å². The largest absolute Gasteiger partial charge is 0.371 e. The van der Waals surface area contributed by atoms with Crippen molar-refractivity contribution >= 4 is 34.8 Å². The first-order valence-corrected chi connectivity index (χ1v) is 15.8. The van der Waals surface area contributed by atoms with Gasteiger partial charge in [0.15, 0.2) is 17.3 Å². The topological polar surface area (TPSA) is 132 Å². The molecule has 11 heteroatoms. The fraction of sp³-hybridized carbons (Fsp3) is 0.562. The monoisotopic (exact) mass is 589 g/mol. The van der Waals surface area contributed by atoms with Crippen LogP contribution in [0, 0.1) is 0 Å². The number of primary amides is 1. The molecule has 0 radical (unpaired) electrons. The summed E-state index contributed by atoms with van der Waals surface area (Å²) < 4.78 is 0. The molecule has 5 rings (SSSR count). The van der Waals surface area contributed by atoms with Gasteiger partial charge in [-0.2, -0.15) is 0 Å². The van der Waals surface area contributed by atoms with Gasteiger partial charge in [-0.1, -0.05) is 26.3 Å². The Hall–Kier alpha value is -3.70. The minimum atomic E-state index is -0.634. The van der Waals surface area contributed by atoms with Crippen molar-refractivity contribution in [2.24, 2.45) is 5.73 Å². The second-order valence-corrected chi connectivity index (χ2v) is 12.0. The van der Waals surface area contributed by atoms with Crippen LogP contribution in [-0.2, 0) is 11.2 Å². The van der Waals surface area contributed by atoms with Crippen molar-refractivity contribution in [3.05, 3.63) is 48.3 Å². The van der Waals surface area contributed by atoms with Gasteiger partial charge in [-0.3, -0.25) is 14.5 Å². The van der Waals surface area contributed by atoms with E-state index in [-0.39, 0.29) is 23.7 Å². The normalized spacial score (nSPS) is 22.1. The summed E-state index contributed by atoms with van der Waals surface area (Å²) in [5.41, 5.74) is 8.51. The molecule has 0 unspecified atom stereocenters. The number of nitrogens with one attached hydrogen (secondary N) is 3. The van der Waals surface area contributed by atoms with Gasteiger partial charge < -0.3 is 31.5 Å². The second-order valence-electron chi connectivity index (χ2n) is 12.0. The number of likely N-dealkylation sites (N-methyl/N-ethyl adjacent to an activating group) is 1. The van der Waals surface area contributed by atoms with E-state index >= 15 is 0 Å². The molecule has 1 saturated carbocycles. The molecule has 1 aromatic carbocycles. The molecule has 2 aliphatic heterocycles. The lowest BCUT2D eigenvalue weighted by Crippen LogP contribution is -2.52. The van der Waals surface area contributed by atoms with Gasteiger partial charge in [0, 0.05) is 68.8 Å². The SMILES string of the molecule is C=CC(=O)N[C@H]1CCCC[C@H]1Nc1nc(Nc2ccc(N3CCC(N4CCN(C)CC4)CC3)cc2)c(C(N)=O)nc1CC. The number of carbonyl (C=O) groups excluding carboxylic acids is 2. The molecule has 2 amide bonds. The molecule has 2 saturated heterocycles. The number of hydrogen-bond donors (Lipinski definition) is 4. The molecule has 1 aromatic heterocycles. The molecule has 1 aliphatic carbocycles. The van der Waals surface area contributed by atoms with Crippen molar-refractivity contribution < 1.29 is 9.59 Å². The number of rotatable bonds is 10. The smallest absolute Gasteiger partial charge is 0.271 e. The zero-order valence-electron chi connectivity index (χ0n) is 25.6. The average Bonchev–Trinajstić information content (AvgIpc) is 3.03. The van der Waals surface area contributed by atoms with Crippen LogP contribution in [0.4, 0.5) is 23.0 Å². The summed E-state index contributed by atoms with van der Waals surface area (Å²) in [7, 11) is 2.20. The number of piperazine rings is 1. The minimum Gasteiger partial charge on any atom is -0.371 e. The van der Waals surface area contributed by atoms with Crippen molar-refractivity contribution in [1.82, 2.24) is 25.1 Å². The number of piperidine rings is 1. The number of nitrogens with two attached hydrogens (primary N) is 1. The van der Waals surface area contributed by atoms with Gasteiger partial charge in [0.05, 0.1) is 5.69 Å². The van der Waals surface area contributed by atoms with E-state index < -0.39 is 5.91 Å². The Kier molecular flexibility index (Phi) is 10.1. The highest BCUT2D eigenvalue weighted by molar-refractivity contribution is 5.96. The van der Waals surface area contributed by atoms with Crippen LogP contribution in [0.1, 0.15) is 61.6 Å². The molecule has 2 atom stereocenters. The van der Waals surface area contributed by atoms with Gasteiger partial charge in [0.2, 0.25) is 5.91 Å². The van der Waals surface area contributed by atoms with E-state index in [1.54, 1.807) is 0 Å². The molecular formula is C32H47N9O2. The predicted octanol–water partition coefficient (Wildman–Crippen LogP) is 3.12. The Balaban J connectivity index is 1.27. The van der Waals surface area contributed by atoms with E-state index in [1.807, 2.05) is 19.1 Å². The first kappa shape index (κ1) is 30.7. The van der Waals surface area contributed by atoms with Gasteiger partial charge in [-0.15, -0.1) is 0 Å². The van der Waals surface area contributed by atoms with Crippen molar-refractivity contribution in [3.63, 3.8) is 0 Å². The van der Waals surface area contributed by atoms with Crippen molar-refractivity contribution in [2.75, 3.05) is 61.8 Å². The fourth-order valence-electron chi connectivity index (χ4n) is 6.55. The van der Waals surface area contributed by atoms with Gasteiger partial charge in [0.25, 0.3) is 5.91 Å². The Bertz CT molecular complexity index is 1270. The van der Waals surface area contributed by atoms with Crippen LogP contribution >= 0.6 is 0 Å². The number of aryl methyl sites for hydroxylation is 1. The maximum Gasteiger partial charge on any atom is 0.271 e. The predicted molar refractivity (Wildman–Crippen MR) is 172 cm³/mol. The number of amides is 2. The zero-order valence-corrected chi connectivity index (χ0v) is 25.6. The van der Waals surface area contributed by atoms with Crippen LogP contribution in [0.15, 0.2) is 36.9 Å². The van der Waals surface area contributed by atoms with E-state index in [0.29, 0.717) is 29.8 Å². The van der Waals surface area contributed by atoms with Gasteiger partial charge in [0.1, 0.15) is 0 Å². The van der Waals surface area contributed by atoms with Gasteiger partial charge in [-0.05, 0) is 69.5 Å². The summed E-state index contributed by atoms with van der Waals surface area (Å²) >= 11 is 0.